The molecule has 2 aromatic carbocycles. The van der Waals surface area contributed by atoms with Crippen LogP contribution in [0.5, 0.6) is 11.5 Å². The zero-order valence-electron chi connectivity index (χ0n) is 16.5. The van der Waals surface area contributed by atoms with Crippen molar-refractivity contribution in [2.24, 2.45) is 5.92 Å². The lowest BCUT2D eigenvalue weighted by Gasteiger charge is -2.30. The normalized spacial score (nSPS) is 15.6. The maximum Gasteiger partial charge on any atom is 0.243 e. The molecule has 30 heavy (non-hydrogen) atoms. The number of rotatable bonds is 6. The standard InChI is InChI=1S/C20H22F2N2O5S/c1-28-18-6-4-15(12-19(18)29-2)30(26,27)24-9-7-13(8-10-24)20(25)23-17-11-14(21)3-5-16(17)22/h3-6,11-13H,7-10H2,1-2H3,(H,23,25). The van der Waals surface area contributed by atoms with Gasteiger partial charge in [0.2, 0.25) is 15.9 Å². The van der Waals surface area contributed by atoms with E-state index in [4.69, 9.17) is 9.47 Å². The highest BCUT2D eigenvalue weighted by atomic mass is 32.2. The summed E-state index contributed by atoms with van der Waals surface area (Å²) in [6.45, 7) is 0.251. The summed E-state index contributed by atoms with van der Waals surface area (Å²) in [5.74, 6) is -1.67. The summed E-state index contributed by atoms with van der Waals surface area (Å²) in [7, 11) is -0.911. The van der Waals surface area contributed by atoms with Gasteiger partial charge in [-0.2, -0.15) is 4.31 Å². The first kappa shape index (κ1) is 22.0. The number of carbonyl (C=O) groups is 1. The molecule has 1 heterocycles. The minimum absolute atomic E-state index is 0.0601. The second-order valence-corrected chi connectivity index (χ2v) is 8.75. The molecule has 0 radical (unpaired) electrons. The van der Waals surface area contributed by atoms with Crippen LogP contribution in [0, 0.1) is 17.6 Å². The van der Waals surface area contributed by atoms with E-state index < -0.39 is 33.5 Å². The topological polar surface area (TPSA) is 84.9 Å². The van der Waals surface area contributed by atoms with Crippen LogP contribution >= 0.6 is 0 Å². The molecule has 1 N–H and O–H groups in total. The van der Waals surface area contributed by atoms with E-state index in [0.29, 0.717) is 11.5 Å². The lowest BCUT2D eigenvalue weighted by molar-refractivity contribution is -0.120. The van der Waals surface area contributed by atoms with Gasteiger partial charge < -0.3 is 14.8 Å². The summed E-state index contributed by atoms with van der Waals surface area (Å²) in [6, 6.07) is 7.14. The molecule has 0 aliphatic carbocycles. The van der Waals surface area contributed by atoms with Gasteiger partial charge in [-0.15, -0.1) is 0 Å². The van der Waals surface area contributed by atoms with E-state index in [9.17, 15) is 22.0 Å². The van der Waals surface area contributed by atoms with Crippen molar-refractivity contribution in [3.8, 4) is 11.5 Å². The Morgan fingerprint density at radius 1 is 1.03 bits per heavy atom. The molecular formula is C20H22F2N2O5S. The number of halogens is 2. The van der Waals surface area contributed by atoms with Crippen LogP contribution in [0.4, 0.5) is 14.5 Å². The molecule has 1 aliphatic rings. The Morgan fingerprint density at radius 3 is 2.33 bits per heavy atom. The SMILES string of the molecule is COc1ccc(S(=O)(=O)N2CCC(C(=O)Nc3cc(F)ccc3F)CC2)cc1OC. The third-order valence-corrected chi connectivity index (χ3v) is 6.90. The van der Waals surface area contributed by atoms with E-state index in [1.807, 2.05) is 0 Å². The van der Waals surface area contributed by atoms with Crippen LogP contribution < -0.4 is 14.8 Å². The molecule has 0 spiro atoms. The van der Waals surface area contributed by atoms with Gasteiger partial charge in [0.05, 0.1) is 24.8 Å². The van der Waals surface area contributed by atoms with Crippen molar-refractivity contribution in [2.75, 3.05) is 32.6 Å². The number of nitrogens with one attached hydrogen (secondary N) is 1. The predicted molar refractivity (Wildman–Crippen MR) is 106 cm³/mol. The number of sulfonamides is 1. The van der Waals surface area contributed by atoms with Gasteiger partial charge in [-0.25, -0.2) is 17.2 Å². The summed E-state index contributed by atoms with van der Waals surface area (Å²) in [4.78, 5) is 12.5. The highest BCUT2D eigenvalue weighted by Crippen LogP contribution is 2.32. The Bertz CT molecular complexity index is 1040. The van der Waals surface area contributed by atoms with Gasteiger partial charge >= 0.3 is 0 Å². The summed E-state index contributed by atoms with van der Waals surface area (Å²) in [5, 5.41) is 2.38. The Balaban J connectivity index is 1.67. The fourth-order valence-electron chi connectivity index (χ4n) is 3.31. The molecule has 1 fully saturated rings. The van der Waals surface area contributed by atoms with Gasteiger partial charge in [-0.1, -0.05) is 0 Å². The van der Waals surface area contributed by atoms with Crippen LogP contribution in [0.3, 0.4) is 0 Å². The number of anilines is 1. The Labute approximate surface area is 173 Å². The molecule has 0 unspecified atom stereocenters. The molecule has 0 aromatic heterocycles. The number of nitrogens with zero attached hydrogens (tertiary/aromatic N) is 1. The first-order chi connectivity index (χ1) is 14.3. The van der Waals surface area contributed by atoms with Gasteiger partial charge in [0.25, 0.3) is 0 Å². The molecule has 7 nitrogen and oxygen atoms in total. The number of hydrogen-bond acceptors (Lipinski definition) is 5. The van der Waals surface area contributed by atoms with Crippen molar-refractivity contribution in [1.29, 1.82) is 0 Å². The summed E-state index contributed by atoms with van der Waals surface area (Å²) in [6.07, 6.45) is 0.518. The molecule has 1 amide bonds. The van der Waals surface area contributed by atoms with Gasteiger partial charge in [0.1, 0.15) is 11.6 Å². The van der Waals surface area contributed by atoms with E-state index in [1.165, 1.54) is 36.7 Å². The smallest absolute Gasteiger partial charge is 0.243 e. The van der Waals surface area contributed by atoms with E-state index in [1.54, 1.807) is 0 Å². The minimum Gasteiger partial charge on any atom is -0.493 e. The van der Waals surface area contributed by atoms with Crippen LogP contribution in [0.25, 0.3) is 0 Å². The predicted octanol–water partition coefficient (Wildman–Crippen LogP) is 3.02. The average molecular weight is 440 g/mol. The third-order valence-electron chi connectivity index (χ3n) is 5.00. The maximum atomic E-state index is 13.7. The van der Waals surface area contributed by atoms with Crippen molar-refractivity contribution in [3.05, 3.63) is 48.0 Å². The lowest BCUT2D eigenvalue weighted by atomic mass is 9.97. The van der Waals surface area contributed by atoms with Crippen molar-refractivity contribution >= 4 is 21.6 Å². The molecule has 3 rings (SSSR count). The first-order valence-electron chi connectivity index (χ1n) is 9.24. The third kappa shape index (κ3) is 4.54. The van der Waals surface area contributed by atoms with Crippen molar-refractivity contribution < 1.29 is 31.5 Å². The molecule has 2 aromatic rings. The molecule has 162 valence electrons. The number of benzene rings is 2. The van der Waals surface area contributed by atoms with Crippen LogP contribution in [0.2, 0.25) is 0 Å². The number of hydrogen-bond donors (Lipinski definition) is 1. The van der Waals surface area contributed by atoms with E-state index in [-0.39, 0.29) is 36.5 Å². The number of methoxy groups -OCH3 is 2. The Hall–Kier alpha value is -2.72. The largest absolute Gasteiger partial charge is 0.493 e. The monoisotopic (exact) mass is 440 g/mol. The van der Waals surface area contributed by atoms with Crippen molar-refractivity contribution in [1.82, 2.24) is 4.31 Å². The molecule has 1 aliphatic heterocycles. The van der Waals surface area contributed by atoms with Crippen LogP contribution in [0.15, 0.2) is 41.3 Å². The number of ether oxygens (including phenoxy) is 2. The second kappa shape index (κ2) is 8.97. The summed E-state index contributed by atoms with van der Waals surface area (Å²) < 4.78 is 64.5. The van der Waals surface area contributed by atoms with E-state index in [2.05, 4.69) is 5.32 Å². The zero-order chi connectivity index (χ0) is 21.9. The fraction of sp³-hybridized carbons (Fsp3) is 0.350. The van der Waals surface area contributed by atoms with Crippen LogP contribution in [-0.2, 0) is 14.8 Å². The molecule has 10 heteroatoms. The number of piperidine rings is 1. The molecular weight excluding hydrogens is 418 g/mol. The molecule has 1 saturated heterocycles. The highest BCUT2D eigenvalue weighted by molar-refractivity contribution is 7.89. The number of amides is 1. The fourth-order valence-corrected chi connectivity index (χ4v) is 4.80. The van der Waals surface area contributed by atoms with Crippen LogP contribution in [0.1, 0.15) is 12.8 Å². The van der Waals surface area contributed by atoms with Gasteiger partial charge in [-0.05, 0) is 37.1 Å². The second-order valence-electron chi connectivity index (χ2n) is 6.81. The average Bonchev–Trinajstić information content (AvgIpc) is 2.75. The molecule has 0 bridgehead atoms. The highest BCUT2D eigenvalue weighted by Gasteiger charge is 2.32. The quantitative estimate of drug-likeness (QED) is 0.747. The Kier molecular flexibility index (Phi) is 6.57. The molecule has 0 atom stereocenters. The van der Waals surface area contributed by atoms with Gasteiger partial charge in [0.15, 0.2) is 11.5 Å². The van der Waals surface area contributed by atoms with Crippen LogP contribution in [-0.4, -0.2) is 45.9 Å². The lowest BCUT2D eigenvalue weighted by Crippen LogP contribution is -2.41. The molecule has 0 saturated carbocycles. The summed E-state index contributed by atoms with van der Waals surface area (Å²) >= 11 is 0. The maximum absolute atomic E-state index is 13.7. The van der Waals surface area contributed by atoms with E-state index in [0.717, 1.165) is 18.2 Å². The van der Waals surface area contributed by atoms with Crippen molar-refractivity contribution in [3.63, 3.8) is 0 Å². The van der Waals surface area contributed by atoms with Gasteiger partial charge in [-0.3, -0.25) is 4.79 Å². The number of carbonyl (C=O) groups excluding carboxylic acids is 1. The first-order valence-corrected chi connectivity index (χ1v) is 10.7. The Morgan fingerprint density at radius 2 is 1.70 bits per heavy atom. The zero-order valence-corrected chi connectivity index (χ0v) is 17.3. The van der Waals surface area contributed by atoms with Crippen molar-refractivity contribution in [2.45, 2.75) is 17.7 Å². The summed E-state index contributed by atoms with van der Waals surface area (Å²) in [5.41, 5.74) is -0.236. The van der Waals surface area contributed by atoms with Gasteiger partial charge in [0, 0.05) is 31.1 Å². The van der Waals surface area contributed by atoms with E-state index >= 15 is 0 Å². The minimum atomic E-state index is -3.78.